The van der Waals surface area contributed by atoms with E-state index in [1.807, 2.05) is 47.7 Å². The molecule has 5 nitrogen and oxygen atoms in total. The molecule has 0 aliphatic carbocycles. The zero-order valence-corrected chi connectivity index (χ0v) is 30.1. The summed E-state index contributed by atoms with van der Waals surface area (Å²) in [7, 11) is 0. The van der Waals surface area contributed by atoms with Crippen molar-refractivity contribution in [1.29, 1.82) is 0 Å². The lowest BCUT2D eigenvalue weighted by Crippen LogP contribution is -2.10. The van der Waals surface area contributed by atoms with Crippen molar-refractivity contribution in [2.45, 2.75) is 0 Å². The second kappa shape index (κ2) is 11.7. The molecule has 0 saturated carbocycles. The van der Waals surface area contributed by atoms with Crippen LogP contribution in [0, 0.1) is 0 Å². The standard InChI is InChI=1S/C49H29N3O2S/c1-3-13-30(14-4-1)49-50-37-28-36-33-26-25-32(27-42(33)53-43(36)29-44(37)54-49)52(41-22-12-24-46-48(41)35-18-8-10-23-45(35)55-46)40-21-11-20-39-47(40)34-17-7-9-19-38(34)51(39)31-15-5-2-6-16-31/h1-29H. The summed E-state index contributed by atoms with van der Waals surface area (Å²) in [5.74, 6) is 0.600. The first kappa shape index (κ1) is 30.3. The maximum Gasteiger partial charge on any atom is 0.227 e. The summed E-state index contributed by atoms with van der Waals surface area (Å²) in [4.78, 5) is 7.28. The molecular weight excluding hydrogens is 695 g/mol. The molecule has 0 fully saturated rings. The highest BCUT2D eigenvalue weighted by atomic mass is 32.1. The lowest BCUT2D eigenvalue weighted by molar-refractivity contribution is 0.617. The third-order valence-corrected chi connectivity index (χ3v) is 11.9. The fourth-order valence-corrected chi connectivity index (χ4v) is 9.55. The van der Waals surface area contributed by atoms with E-state index in [0.717, 1.165) is 66.8 Å². The van der Waals surface area contributed by atoms with E-state index in [-0.39, 0.29) is 0 Å². The molecule has 0 saturated heterocycles. The van der Waals surface area contributed by atoms with Gasteiger partial charge in [0.15, 0.2) is 5.58 Å². The minimum atomic E-state index is 0.600. The third kappa shape index (κ3) is 4.55. The largest absolute Gasteiger partial charge is 0.456 e. The van der Waals surface area contributed by atoms with Gasteiger partial charge < -0.3 is 18.3 Å². The first-order chi connectivity index (χ1) is 27.3. The van der Waals surface area contributed by atoms with Crippen LogP contribution in [0.5, 0.6) is 0 Å². The maximum absolute atomic E-state index is 6.68. The number of thiophene rings is 1. The summed E-state index contributed by atoms with van der Waals surface area (Å²) in [6.45, 7) is 0. The van der Waals surface area contributed by atoms with Crippen molar-refractivity contribution in [2.24, 2.45) is 0 Å². The molecule has 8 aromatic carbocycles. The van der Waals surface area contributed by atoms with Crippen molar-refractivity contribution in [3.63, 3.8) is 0 Å². The first-order valence-electron chi connectivity index (χ1n) is 18.4. The minimum Gasteiger partial charge on any atom is -0.456 e. The summed E-state index contributed by atoms with van der Waals surface area (Å²) in [5, 5.41) is 6.90. The van der Waals surface area contributed by atoms with Crippen molar-refractivity contribution in [3.8, 4) is 17.1 Å². The summed E-state index contributed by atoms with van der Waals surface area (Å²) in [5.41, 5.74) is 10.7. The van der Waals surface area contributed by atoms with Gasteiger partial charge in [-0.15, -0.1) is 11.3 Å². The smallest absolute Gasteiger partial charge is 0.227 e. The van der Waals surface area contributed by atoms with Gasteiger partial charge in [0.25, 0.3) is 0 Å². The van der Waals surface area contributed by atoms with Crippen LogP contribution in [0.3, 0.4) is 0 Å². The van der Waals surface area contributed by atoms with Crippen LogP contribution in [0.25, 0.3) is 92.2 Å². The number of hydrogen-bond donors (Lipinski definition) is 0. The number of oxazole rings is 1. The van der Waals surface area contributed by atoms with Gasteiger partial charge in [0.2, 0.25) is 5.89 Å². The molecule has 12 aromatic rings. The molecule has 0 amide bonds. The molecule has 0 N–H and O–H groups in total. The summed E-state index contributed by atoms with van der Waals surface area (Å²) >= 11 is 1.83. The van der Waals surface area contributed by atoms with Gasteiger partial charge in [0.05, 0.1) is 22.4 Å². The molecule has 4 heterocycles. The van der Waals surface area contributed by atoms with Crippen LogP contribution in [0.2, 0.25) is 0 Å². The maximum atomic E-state index is 6.68. The zero-order chi connectivity index (χ0) is 36.0. The van der Waals surface area contributed by atoms with E-state index < -0.39 is 0 Å². The average Bonchev–Trinajstić information content (AvgIpc) is 4.01. The molecule has 258 valence electrons. The molecule has 0 aliphatic rings. The molecule has 12 rings (SSSR count). The Hall–Kier alpha value is -7.15. The highest BCUT2D eigenvalue weighted by Crippen LogP contribution is 2.49. The molecule has 0 unspecified atom stereocenters. The molecule has 0 radical (unpaired) electrons. The predicted molar refractivity (Wildman–Crippen MR) is 229 cm³/mol. The van der Waals surface area contributed by atoms with Crippen molar-refractivity contribution in [1.82, 2.24) is 9.55 Å². The Morgan fingerprint density at radius 1 is 0.473 bits per heavy atom. The second-order valence-electron chi connectivity index (χ2n) is 13.9. The third-order valence-electron chi connectivity index (χ3n) is 10.8. The second-order valence-corrected chi connectivity index (χ2v) is 15.0. The van der Waals surface area contributed by atoms with E-state index in [1.54, 1.807) is 0 Å². The van der Waals surface area contributed by atoms with E-state index in [4.69, 9.17) is 13.8 Å². The Balaban J connectivity index is 1.12. The fraction of sp³-hybridized carbons (Fsp3) is 0. The average molecular weight is 724 g/mol. The van der Waals surface area contributed by atoms with Gasteiger partial charge in [-0.3, -0.25) is 0 Å². The molecule has 0 atom stereocenters. The van der Waals surface area contributed by atoms with Gasteiger partial charge >= 0.3 is 0 Å². The number of anilines is 3. The fourth-order valence-electron chi connectivity index (χ4n) is 8.42. The molecular formula is C49H29N3O2S. The van der Waals surface area contributed by atoms with Gasteiger partial charge in [0.1, 0.15) is 16.7 Å². The number of rotatable bonds is 5. The highest BCUT2D eigenvalue weighted by Gasteiger charge is 2.24. The molecule has 0 aliphatic heterocycles. The van der Waals surface area contributed by atoms with Gasteiger partial charge in [-0.2, -0.15) is 0 Å². The Kier molecular flexibility index (Phi) is 6.44. The van der Waals surface area contributed by atoms with Crippen molar-refractivity contribution in [3.05, 3.63) is 176 Å². The Morgan fingerprint density at radius 3 is 2.04 bits per heavy atom. The summed E-state index contributed by atoms with van der Waals surface area (Å²) < 4.78 is 17.8. The lowest BCUT2D eigenvalue weighted by Gasteiger charge is -2.27. The Morgan fingerprint density at radius 2 is 1.16 bits per heavy atom. The number of nitrogens with zero attached hydrogens (tertiary/aromatic N) is 3. The van der Waals surface area contributed by atoms with Crippen molar-refractivity contribution < 1.29 is 8.83 Å². The first-order valence-corrected chi connectivity index (χ1v) is 19.2. The Labute approximate surface area is 318 Å². The summed E-state index contributed by atoms with van der Waals surface area (Å²) in [6.07, 6.45) is 0. The van der Waals surface area contributed by atoms with Crippen LogP contribution >= 0.6 is 11.3 Å². The molecule has 55 heavy (non-hydrogen) atoms. The number of hydrogen-bond acceptors (Lipinski definition) is 5. The zero-order valence-electron chi connectivity index (χ0n) is 29.3. The molecule has 4 aromatic heterocycles. The van der Waals surface area contributed by atoms with Gasteiger partial charge in [-0.05, 0) is 78.9 Å². The number of furan rings is 1. The van der Waals surface area contributed by atoms with Crippen LogP contribution < -0.4 is 4.90 Å². The predicted octanol–water partition coefficient (Wildman–Crippen LogP) is 14.3. The number of para-hydroxylation sites is 2. The van der Waals surface area contributed by atoms with Crippen LogP contribution in [0.1, 0.15) is 0 Å². The monoisotopic (exact) mass is 723 g/mol. The number of benzene rings is 8. The number of aromatic nitrogens is 2. The molecule has 6 heteroatoms. The van der Waals surface area contributed by atoms with Gasteiger partial charge in [-0.1, -0.05) is 84.9 Å². The van der Waals surface area contributed by atoms with Gasteiger partial charge in [0, 0.05) is 70.8 Å². The molecule has 0 bridgehead atoms. The van der Waals surface area contributed by atoms with Crippen LogP contribution in [0.15, 0.2) is 185 Å². The van der Waals surface area contributed by atoms with Crippen LogP contribution in [-0.2, 0) is 0 Å². The quantitative estimate of drug-likeness (QED) is 0.177. The van der Waals surface area contributed by atoms with Crippen LogP contribution in [0.4, 0.5) is 17.1 Å². The van der Waals surface area contributed by atoms with E-state index in [9.17, 15) is 0 Å². The molecule has 0 spiro atoms. The summed E-state index contributed by atoms with van der Waals surface area (Å²) in [6, 6.07) is 62.1. The lowest BCUT2D eigenvalue weighted by atomic mass is 10.0. The van der Waals surface area contributed by atoms with E-state index in [2.05, 4.69) is 149 Å². The highest BCUT2D eigenvalue weighted by molar-refractivity contribution is 7.26. The topological polar surface area (TPSA) is 47.3 Å². The SMILES string of the molecule is c1ccc(-c2nc3cc4c(cc3o2)oc2cc(N(c3cccc5sc6ccccc6c35)c3cccc5c3c3ccccc3n5-c3ccccc3)ccc24)cc1. The van der Waals surface area contributed by atoms with E-state index >= 15 is 0 Å². The Bertz CT molecular complexity index is 3450. The van der Waals surface area contributed by atoms with Gasteiger partial charge in [-0.25, -0.2) is 4.98 Å². The van der Waals surface area contributed by atoms with E-state index in [0.29, 0.717) is 11.5 Å². The van der Waals surface area contributed by atoms with Crippen molar-refractivity contribution in [2.75, 3.05) is 4.90 Å². The van der Waals surface area contributed by atoms with Crippen LogP contribution in [-0.4, -0.2) is 9.55 Å². The minimum absolute atomic E-state index is 0.600. The van der Waals surface area contributed by atoms with Crippen molar-refractivity contribution >= 4 is 103 Å². The number of fused-ring (bicyclic) bond motifs is 10. The normalized spacial score (nSPS) is 12.0. The van der Waals surface area contributed by atoms with E-state index in [1.165, 1.54) is 30.9 Å².